The van der Waals surface area contributed by atoms with E-state index in [1.54, 1.807) is 6.92 Å². The first-order valence-corrected chi connectivity index (χ1v) is 16.7. The van der Waals surface area contributed by atoms with E-state index in [0.717, 1.165) is 32.1 Å². The fraction of sp³-hybridized carbons (Fsp3) is 0.618. The number of anilines is 1. The van der Waals surface area contributed by atoms with Crippen molar-refractivity contribution in [1.82, 2.24) is 30.1 Å². The second-order valence-corrected chi connectivity index (χ2v) is 15.9. The average Bonchev–Trinajstić information content (AvgIpc) is 3.27. The van der Waals surface area contributed by atoms with Gasteiger partial charge < -0.3 is 30.4 Å². The topological polar surface area (TPSA) is 173 Å². The Balaban J connectivity index is 1.50. The molecule has 262 valence electrons. The molecule has 0 radical (unpaired) electrons. The predicted octanol–water partition coefficient (Wildman–Crippen LogP) is 3.35. The Bertz CT molecular complexity index is 1630. The first-order valence-electron chi connectivity index (χ1n) is 16.4. The van der Waals surface area contributed by atoms with Crippen LogP contribution >= 0.6 is 11.6 Å². The highest BCUT2D eigenvalue weighted by molar-refractivity contribution is 6.36. The Morgan fingerprint density at radius 1 is 1.00 bits per heavy atom. The minimum absolute atomic E-state index is 0.0504. The van der Waals surface area contributed by atoms with Crippen LogP contribution in [0.4, 0.5) is 5.69 Å². The number of aromatic nitrogens is 3. The summed E-state index contributed by atoms with van der Waals surface area (Å²) in [5.74, 6) is -3.34. The average molecular weight is 686 g/mol. The number of fused-ring (bicyclic) bond motifs is 2. The summed E-state index contributed by atoms with van der Waals surface area (Å²) in [5, 5.41) is 10.9. The third-order valence-electron chi connectivity index (χ3n) is 9.24. The monoisotopic (exact) mass is 685 g/mol. The lowest BCUT2D eigenvalue weighted by Crippen LogP contribution is -2.62. The third kappa shape index (κ3) is 8.72. The van der Waals surface area contributed by atoms with E-state index in [4.69, 9.17) is 11.6 Å². The maximum absolute atomic E-state index is 13.5. The van der Waals surface area contributed by atoms with Crippen LogP contribution in [0.15, 0.2) is 29.3 Å². The second kappa shape index (κ2) is 13.9. The number of amides is 4. The van der Waals surface area contributed by atoms with Gasteiger partial charge in [-0.2, -0.15) is 0 Å². The van der Waals surface area contributed by atoms with Gasteiger partial charge in [0.1, 0.15) is 24.0 Å². The number of pyridine rings is 1. The zero-order valence-electron chi connectivity index (χ0n) is 28.9. The van der Waals surface area contributed by atoms with E-state index >= 15 is 0 Å². The molecule has 0 aliphatic heterocycles. The van der Waals surface area contributed by atoms with Crippen LogP contribution in [0.2, 0.25) is 5.28 Å². The Hall–Kier alpha value is -4.00. The number of nitrogens with one attached hydrogen (secondary N) is 4. The van der Waals surface area contributed by atoms with Crippen molar-refractivity contribution < 1.29 is 24.0 Å². The number of carbonyl (C=O) groups is 5. The van der Waals surface area contributed by atoms with E-state index < -0.39 is 35.1 Å². The molecule has 2 saturated carbocycles. The van der Waals surface area contributed by atoms with E-state index in [9.17, 15) is 28.8 Å². The van der Waals surface area contributed by atoms with Crippen LogP contribution in [0.1, 0.15) is 97.0 Å². The molecule has 48 heavy (non-hydrogen) atoms. The molecule has 13 nitrogen and oxygen atoms in total. The standard InChI is InChI=1S/C34H48ClN7O6/c1-8-36-28(47)24(43)12-11-21(38-27(46)23-14-37-30(35)41(23)7)26(45)39-22-10-9-13-42(29(22)48)15-25(44)40-34-18-31(2,3)16-33(6,20-34)17-32(4,5)19-34/h9-10,13-14,21H,8,11-12,15-20H2,1-7H3,(H,36,47)(H,38,46)(H,39,45)(H,40,44). The number of carbonyl (C=O) groups excluding carboxylic acids is 5. The summed E-state index contributed by atoms with van der Waals surface area (Å²) >= 11 is 5.96. The molecule has 4 N–H and O–H groups in total. The normalized spacial score (nSPS) is 23.0. The van der Waals surface area contributed by atoms with E-state index in [2.05, 4.69) is 60.9 Å². The minimum Gasteiger partial charge on any atom is -0.350 e. The largest absolute Gasteiger partial charge is 0.350 e. The van der Waals surface area contributed by atoms with Gasteiger partial charge in [0, 0.05) is 31.7 Å². The highest BCUT2D eigenvalue weighted by atomic mass is 35.5. The first kappa shape index (κ1) is 36.8. The maximum Gasteiger partial charge on any atom is 0.287 e. The highest BCUT2D eigenvalue weighted by Gasteiger charge is 2.56. The number of imidazole rings is 1. The summed E-state index contributed by atoms with van der Waals surface area (Å²) in [6.45, 7) is 13.0. The highest BCUT2D eigenvalue weighted by Crippen LogP contribution is 2.61. The van der Waals surface area contributed by atoms with E-state index in [-0.39, 0.29) is 70.3 Å². The molecule has 2 aromatic rings. The molecule has 2 aliphatic rings. The summed E-state index contributed by atoms with van der Waals surface area (Å²) < 4.78 is 2.54. The van der Waals surface area contributed by atoms with Crippen LogP contribution in [0.5, 0.6) is 0 Å². The molecule has 4 rings (SSSR count). The molecule has 4 amide bonds. The Kier molecular flexibility index (Phi) is 10.6. The lowest BCUT2D eigenvalue weighted by molar-refractivity contribution is -0.138. The van der Waals surface area contributed by atoms with Crippen molar-refractivity contribution in [2.75, 3.05) is 11.9 Å². The minimum atomic E-state index is -1.31. The van der Waals surface area contributed by atoms with Gasteiger partial charge in [-0.15, -0.1) is 0 Å². The summed E-state index contributed by atoms with van der Waals surface area (Å²) in [7, 11) is 1.52. The molecule has 0 saturated heterocycles. The van der Waals surface area contributed by atoms with E-state index in [1.807, 2.05) is 0 Å². The van der Waals surface area contributed by atoms with Crippen molar-refractivity contribution in [3.8, 4) is 0 Å². The van der Waals surface area contributed by atoms with Gasteiger partial charge in [0.15, 0.2) is 0 Å². The Morgan fingerprint density at radius 2 is 1.65 bits per heavy atom. The van der Waals surface area contributed by atoms with Gasteiger partial charge in [-0.25, -0.2) is 4.98 Å². The third-order valence-corrected chi connectivity index (χ3v) is 9.59. The molecule has 0 aromatic carbocycles. The Morgan fingerprint density at radius 3 is 2.23 bits per heavy atom. The van der Waals surface area contributed by atoms with Crippen molar-refractivity contribution >= 4 is 46.7 Å². The summed E-state index contributed by atoms with van der Waals surface area (Å²) in [6, 6.07) is 1.63. The number of halogens is 1. The van der Waals surface area contributed by atoms with Gasteiger partial charge in [0.2, 0.25) is 22.9 Å². The van der Waals surface area contributed by atoms with Crippen molar-refractivity contribution in [3.63, 3.8) is 0 Å². The number of Topliss-reactive ketones (excluding diaryl/α,β-unsaturated/α-hetero) is 1. The molecule has 14 heteroatoms. The number of hydrogen-bond donors (Lipinski definition) is 4. The van der Waals surface area contributed by atoms with Gasteiger partial charge in [0.05, 0.1) is 6.20 Å². The van der Waals surface area contributed by atoms with Crippen molar-refractivity contribution in [1.29, 1.82) is 0 Å². The maximum atomic E-state index is 13.5. The zero-order chi connectivity index (χ0) is 35.7. The van der Waals surface area contributed by atoms with Gasteiger partial charge in [0.25, 0.3) is 17.4 Å². The van der Waals surface area contributed by atoms with Crippen LogP contribution < -0.4 is 26.8 Å². The molecule has 2 aliphatic carbocycles. The fourth-order valence-electron chi connectivity index (χ4n) is 8.81. The quantitative estimate of drug-likeness (QED) is 0.248. The first-order chi connectivity index (χ1) is 22.3. The number of rotatable bonds is 12. The second-order valence-electron chi connectivity index (χ2n) is 15.5. The number of likely N-dealkylation sites (N-methyl/N-ethyl adjacent to an activating group) is 1. The van der Waals surface area contributed by atoms with Gasteiger partial charge >= 0.3 is 0 Å². The molecule has 1 atom stereocenters. The summed E-state index contributed by atoms with van der Waals surface area (Å²) in [5.41, 5.74) is -0.858. The summed E-state index contributed by atoms with van der Waals surface area (Å²) in [6.07, 6.45) is 6.87. The SMILES string of the molecule is CCNC(=O)C(=O)CCC(NC(=O)c1cnc(Cl)n1C)C(=O)Nc1cccn(CC(=O)NC23CC(C)(C)CC(C)(CC(C)(C)C2)C3)c1=O. The zero-order valence-corrected chi connectivity index (χ0v) is 29.7. The van der Waals surface area contributed by atoms with Gasteiger partial charge in [-0.3, -0.25) is 28.8 Å². The van der Waals surface area contributed by atoms with Gasteiger partial charge in [-0.05, 0) is 85.4 Å². The molecular formula is C34H48ClN7O6. The lowest BCUT2D eigenvalue weighted by atomic mass is 9.47. The molecule has 2 bridgehead atoms. The van der Waals surface area contributed by atoms with Crippen molar-refractivity contribution in [2.24, 2.45) is 23.3 Å². The molecule has 2 fully saturated rings. The molecule has 2 heterocycles. The predicted molar refractivity (Wildman–Crippen MR) is 181 cm³/mol. The number of ketones is 1. The smallest absolute Gasteiger partial charge is 0.287 e. The Labute approximate surface area is 286 Å². The molecular weight excluding hydrogens is 638 g/mol. The van der Waals surface area contributed by atoms with Crippen molar-refractivity contribution in [2.45, 2.75) is 105 Å². The van der Waals surface area contributed by atoms with Crippen LogP contribution in [0, 0.1) is 16.2 Å². The molecule has 0 spiro atoms. The van der Waals surface area contributed by atoms with E-state index in [0.29, 0.717) is 0 Å². The number of hydrogen-bond acceptors (Lipinski definition) is 7. The van der Waals surface area contributed by atoms with Crippen LogP contribution in [-0.2, 0) is 32.8 Å². The summed E-state index contributed by atoms with van der Waals surface area (Å²) in [4.78, 5) is 81.8. The lowest BCUT2D eigenvalue weighted by Gasteiger charge is -2.61. The van der Waals surface area contributed by atoms with Crippen molar-refractivity contribution in [3.05, 3.63) is 45.9 Å². The number of nitrogens with zero attached hydrogens (tertiary/aromatic N) is 3. The van der Waals surface area contributed by atoms with Crippen LogP contribution in [0.25, 0.3) is 0 Å². The van der Waals surface area contributed by atoms with Crippen LogP contribution in [0.3, 0.4) is 0 Å². The van der Waals surface area contributed by atoms with Gasteiger partial charge in [-0.1, -0.05) is 34.6 Å². The fourth-order valence-corrected chi connectivity index (χ4v) is 8.95. The molecule has 1 unspecified atom stereocenters. The van der Waals surface area contributed by atoms with E-state index in [1.165, 1.54) is 40.7 Å². The van der Waals surface area contributed by atoms with Crippen LogP contribution in [-0.4, -0.2) is 61.7 Å². The molecule has 2 aromatic heterocycles.